The molecule has 0 aliphatic carbocycles. The smallest absolute Gasteiger partial charge is 0.471 e. The van der Waals surface area contributed by atoms with Crippen LogP contribution in [-0.2, 0) is 4.79 Å². The van der Waals surface area contributed by atoms with Crippen LogP contribution in [0.3, 0.4) is 0 Å². The van der Waals surface area contributed by atoms with Gasteiger partial charge in [0.05, 0.1) is 11.7 Å². The Morgan fingerprint density at radius 2 is 2.05 bits per heavy atom. The van der Waals surface area contributed by atoms with E-state index in [9.17, 15) is 22.8 Å². The molecule has 110 valence electrons. The number of carbonyl (C=O) groups excluding carboxylic acids is 1. The molecule has 2 rings (SSSR count). The molecule has 7 nitrogen and oxygen atoms in total. The lowest BCUT2D eigenvalue weighted by molar-refractivity contribution is -0.184. The van der Waals surface area contributed by atoms with E-state index in [-0.39, 0.29) is 30.9 Å². The fraction of sp³-hybridized carbons (Fsp3) is 0.600. The topological polar surface area (TPSA) is 88.3 Å². The lowest BCUT2D eigenvalue weighted by Crippen LogP contribution is -2.39. The van der Waals surface area contributed by atoms with Crippen molar-refractivity contribution in [3.63, 3.8) is 0 Å². The number of hydrogen-bond acceptors (Lipinski definition) is 4. The lowest BCUT2D eigenvalue weighted by atomic mass is 10.2. The fourth-order valence-electron chi connectivity index (χ4n) is 2.19. The minimum absolute atomic E-state index is 0.0509. The van der Waals surface area contributed by atoms with Crippen molar-refractivity contribution in [2.24, 2.45) is 0 Å². The Kier molecular flexibility index (Phi) is 3.40. The van der Waals surface area contributed by atoms with Gasteiger partial charge in [0.25, 0.3) is 0 Å². The van der Waals surface area contributed by atoms with E-state index in [2.05, 4.69) is 10.3 Å². The molecule has 1 aliphatic rings. The van der Waals surface area contributed by atoms with Crippen molar-refractivity contribution >= 4 is 11.9 Å². The molecule has 1 aromatic heterocycles. The Hall–Kier alpha value is -2.13. The molecule has 1 N–H and O–H groups in total. The first kappa shape index (κ1) is 14.3. The third-order valence-corrected chi connectivity index (χ3v) is 3.17. The van der Waals surface area contributed by atoms with Gasteiger partial charge < -0.3 is 10.0 Å². The quantitative estimate of drug-likeness (QED) is 0.863. The molecule has 0 bridgehead atoms. The van der Waals surface area contributed by atoms with E-state index < -0.39 is 24.1 Å². The first-order chi connectivity index (χ1) is 9.21. The zero-order valence-electron chi connectivity index (χ0n) is 10.4. The standard InChI is InChI=1S/C10H11F3N4O3/c1-5-7(8(18)19)14-15-17(5)6-2-3-16(4-6)9(20)10(11,12)13/h6H,2-4H2,1H3,(H,18,19). The maximum Gasteiger partial charge on any atom is 0.471 e. The predicted octanol–water partition coefficient (Wildman–Crippen LogP) is 0.620. The van der Waals surface area contributed by atoms with Gasteiger partial charge in [0, 0.05) is 13.1 Å². The molecule has 2 heterocycles. The zero-order chi connectivity index (χ0) is 15.1. The van der Waals surface area contributed by atoms with Crippen LogP contribution in [0.25, 0.3) is 0 Å². The van der Waals surface area contributed by atoms with E-state index in [0.29, 0.717) is 4.90 Å². The van der Waals surface area contributed by atoms with Gasteiger partial charge in [-0.3, -0.25) is 4.79 Å². The predicted molar refractivity (Wildman–Crippen MR) is 58.0 cm³/mol. The average Bonchev–Trinajstić information content (AvgIpc) is 2.92. The van der Waals surface area contributed by atoms with Crippen LogP contribution < -0.4 is 0 Å². The van der Waals surface area contributed by atoms with Gasteiger partial charge in [-0.25, -0.2) is 9.48 Å². The third-order valence-electron chi connectivity index (χ3n) is 3.17. The van der Waals surface area contributed by atoms with Crippen molar-refractivity contribution in [1.29, 1.82) is 0 Å². The van der Waals surface area contributed by atoms with Crippen LogP contribution in [-0.4, -0.2) is 56.1 Å². The summed E-state index contributed by atoms with van der Waals surface area (Å²) in [5.74, 6) is -3.15. The highest BCUT2D eigenvalue weighted by atomic mass is 19.4. The maximum atomic E-state index is 12.3. The Balaban J connectivity index is 2.14. The molecule has 0 aromatic carbocycles. The minimum atomic E-state index is -4.90. The Morgan fingerprint density at radius 1 is 1.40 bits per heavy atom. The van der Waals surface area contributed by atoms with Crippen molar-refractivity contribution in [1.82, 2.24) is 19.9 Å². The molecular weight excluding hydrogens is 281 g/mol. The third kappa shape index (κ3) is 2.45. The lowest BCUT2D eigenvalue weighted by Gasteiger charge is -2.18. The van der Waals surface area contributed by atoms with Crippen molar-refractivity contribution in [3.8, 4) is 0 Å². The van der Waals surface area contributed by atoms with Gasteiger partial charge in [-0.05, 0) is 13.3 Å². The van der Waals surface area contributed by atoms with Crippen molar-refractivity contribution < 1.29 is 27.9 Å². The number of alkyl halides is 3. The number of amides is 1. The number of carboxylic acid groups (broad SMARTS) is 1. The Labute approximate surface area is 111 Å². The van der Waals surface area contributed by atoms with Crippen molar-refractivity contribution in [2.75, 3.05) is 13.1 Å². The normalized spacial score (nSPS) is 19.4. The molecule has 10 heteroatoms. The summed E-state index contributed by atoms with van der Waals surface area (Å²) < 4.78 is 38.2. The summed E-state index contributed by atoms with van der Waals surface area (Å²) >= 11 is 0. The molecule has 1 atom stereocenters. The number of aromatic nitrogens is 3. The monoisotopic (exact) mass is 292 g/mol. The van der Waals surface area contributed by atoms with E-state index in [1.807, 2.05) is 0 Å². The summed E-state index contributed by atoms with van der Waals surface area (Å²) in [6, 6.07) is -0.498. The molecule has 1 amide bonds. The highest BCUT2D eigenvalue weighted by Crippen LogP contribution is 2.27. The number of likely N-dealkylation sites (tertiary alicyclic amines) is 1. The van der Waals surface area contributed by atoms with Crippen LogP contribution in [0.15, 0.2) is 0 Å². The molecule has 1 unspecified atom stereocenters. The second-order valence-corrected chi connectivity index (χ2v) is 4.46. The number of halogens is 3. The van der Waals surface area contributed by atoms with E-state index in [4.69, 9.17) is 5.11 Å². The van der Waals surface area contributed by atoms with Crippen LogP contribution in [0.1, 0.15) is 28.6 Å². The van der Waals surface area contributed by atoms with Gasteiger partial charge in [0.15, 0.2) is 5.69 Å². The molecule has 0 spiro atoms. The summed E-state index contributed by atoms with van der Waals surface area (Å²) in [6.07, 6.45) is -4.64. The maximum absolute atomic E-state index is 12.3. The first-order valence-electron chi connectivity index (χ1n) is 5.73. The molecule has 1 aliphatic heterocycles. The van der Waals surface area contributed by atoms with Crippen LogP contribution in [0.5, 0.6) is 0 Å². The minimum Gasteiger partial charge on any atom is -0.476 e. The van der Waals surface area contributed by atoms with Crippen LogP contribution in [0.2, 0.25) is 0 Å². The molecule has 1 saturated heterocycles. The summed E-state index contributed by atoms with van der Waals surface area (Å²) in [5, 5.41) is 15.9. The summed E-state index contributed by atoms with van der Waals surface area (Å²) in [7, 11) is 0. The largest absolute Gasteiger partial charge is 0.476 e. The van der Waals surface area contributed by atoms with E-state index in [1.54, 1.807) is 0 Å². The number of nitrogens with zero attached hydrogens (tertiary/aromatic N) is 4. The second-order valence-electron chi connectivity index (χ2n) is 4.46. The summed E-state index contributed by atoms with van der Waals surface area (Å²) in [4.78, 5) is 22.6. The van der Waals surface area contributed by atoms with Crippen LogP contribution in [0.4, 0.5) is 13.2 Å². The van der Waals surface area contributed by atoms with Gasteiger partial charge in [0.1, 0.15) is 0 Å². The molecule has 0 radical (unpaired) electrons. The van der Waals surface area contributed by atoms with Crippen molar-refractivity contribution in [3.05, 3.63) is 11.4 Å². The van der Waals surface area contributed by atoms with Gasteiger partial charge in [0.2, 0.25) is 0 Å². The Morgan fingerprint density at radius 3 is 2.55 bits per heavy atom. The van der Waals surface area contributed by atoms with Gasteiger partial charge in [-0.2, -0.15) is 13.2 Å². The zero-order valence-corrected chi connectivity index (χ0v) is 10.4. The SMILES string of the molecule is Cc1c(C(=O)O)nnn1C1CCN(C(=O)C(F)(F)F)C1. The van der Waals surface area contributed by atoms with Crippen molar-refractivity contribution in [2.45, 2.75) is 25.6 Å². The molecular formula is C10H11F3N4O3. The number of carboxylic acids is 1. The number of rotatable bonds is 2. The second kappa shape index (κ2) is 4.76. The highest BCUT2D eigenvalue weighted by molar-refractivity contribution is 5.86. The van der Waals surface area contributed by atoms with E-state index in [1.165, 1.54) is 11.6 Å². The highest BCUT2D eigenvalue weighted by Gasteiger charge is 2.45. The molecule has 0 saturated carbocycles. The first-order valence-corrected chi connectivity index (χ1v) is 5.73. The Bertz CT molecular complexity index is 554. The van der Waals surface area contributed by atoms with Gasteiger partial charge in [-0.1, -0.05) is 5.21 Å². The molecule has 1 fully saturated rings. The van der Waals surface area contributed by atoms with Gasteiger partial charge >= 0.3 is 18.1 Å². The number of hydrogen-bond donors (Lipinski definition) is 1. The summed E-state index contributed by atoms with van der Waals surface area (Å²) in [5.41, 5.74) is 0.00871. The molecule has 20 heavy (non-hydrogen) atoms. The van der Waals surface area contributed by atoms with Crippen LogP contribution in [0, 0.1) is 6.92 Å². The molecule has 1 aromatic rings. The fourth-order valence-corrected chi connectivity index (χ4v) is 2.19. The number of carbonyl (C=O) groups is 2. The van der Waals surface area contributed by atoms with Gasteiger partial charge in [-0.15, -0.1) is 5.10 Å². The van der Waals surface area contributed by atoms with Crippen LogP contribution >= 0.6 is 0 Å². The average molecular weight is 292 g/mol. The number of aromatic carboxylic acids is 1. The summed E-state index contributed by atoms with van der Waals surface area (Å²) in [6.45, 7) is 1.25. The van der Waals surface area contributed by atoms with E-state index in [0.717, 1.165) is 0 Å². The van der Waals surface area contributed by atoms with E-state index >= 15 is 0 Å².